The second kappa shape index (κ2) is 6.80. The van der Waals surface area contributed by atoms with Crippen LogP contribution in [0.15, 0.2) is 16.9 Å². The summed E-state index contributed by atoms with van der Waals surface area (Å²) in [4.78, 5) is 15.4. The highest BCUT2D eigenvalue weighted by Crippen LogP contribution is 2.12. The number of aliphatic hydroxyl groups is 1. The number of amides is 1. The maximum Gasteiger partial charge on any atom is 0.254 e. The highest BCUT2D eigenvalue weighted by molar-refractivity contribution is 9.10. The number of carbonyl (C=O) groups excluding carboxylic acids is 1. The normalized spacial score (nSPS) is 14.1. The molecule has 2 atom stereocenters. The number of pyridine rings is 1. The molecular formula is C12H16BrFN2O2. The molecule has 0 radical (unpaired) electrons. The van der Waals surface area contributed by atoms with E-state index in [2.05, 4.69) is 26.2 Å². The first-order valence-electron chi connectivity index (χ1n) is 5.67. The molecule has 0 saturated heterocycles. The van der Waals surface area contributed by atoms with Gasteiger partial charge in [0.25, 0.3) is 5.91 Å². The van der Waals surface area contributed by atoms with Crippen LogP contribution in [0.3, 0.4) is 0 Å². The Kier molecular flexibility index (Phi) is 5.68. The first-order valence-corrected chi connectivity index (χ1v) is 6.46. The van der Waals surface area contributed by atoms with Crippen LogP contribution in [0.2, 0.25) is 0 Å². The quantitative estimate of drug-likeness (QED) is 0.817. The van der Waals surface area contributed by atoms with E-state index in [1.54, 1.807) is 6.92 Å². The Balaban J connectivity index is 2.58. The van der Waals surface area contributed by atoms with Crippen molar-refractivity contribution in [2.75, 3.05) is 6.54 Å². The van der Waals surface area contributed by atoms with Gasteiger partial charge in [-0.1, -0.05) is 6.92 Å². The van der Waals surface area contributed by atoms with Crippen molar-refractivity contribution >= 4 is 21.8 Å². The number of aromatic nitrogens is 1. The Morgan fingerprint density at radius 1 is 1.61 bits per heavy atom. The summed E-state index contributed by atoms with van der Waals surface area (Å²) >= 11 is 3.09. The van der Waals surface area contributed by atoms with Gasteiger partial charge in [0.05, 0.1) is 17.9 Å². The Morgan fingerprint density at radius 2 is 2.28 bits per heavy atom. The lowest BCUT2D eigenvalue weighted by molar-refractivity contribution is 0.0935. The van der Waals surface area contributed by atoms with Gasteiger partial charge in [-0.05, 0) is 41.3 Å². The first kappa shape index (κ1) is 15.0. The van der Waals surface area contributed by atoms with Crippen LogP contribution in [-0.2, 0) is 0 Å². The molecule has 2 unspecified atom stereocenters. The second-order valence-corrected chi connectivity index (χ2v) is 5.20. The summed E-state index contributed by atoms with van der Waals surface area (Å²) in [7, 11) is 0. The predicted octanol–water partition coefficient (Wildman–Crippen LogP) is 2.12. The number of nitrogens with one attached hydrogen (secondary N) is 1. The van der Waals surface area contributed by atoms with Crippen molar-refractivity contribution < 1.29 is 14.3 Å². The van der Waals surface area contributed by atoms with Crippen LogP contribution in [0.4, 0.5) is 4.39 Å². The molecule has 0 aromatic carbocycles. The maximum atomic E-state index is 13.4. The summed E-state index contributed by atoms with van der Waals surface area (Å²) in [6.45, 7) is 3.99. The Hall–Kier alpha value is -1.01. The third-order valence-electron chi connectivity index (χ3n) is 2.42. The van der Waals surface area contributed by atoms with Crippen LogP contribution >= 0.6 is 15.9 Å². The fourth-order valence-electron chi connectivity index (χ4n) is 1.62. The van der Waals surface area contributed by atoms with Crippen LogP contribution in [0.25, 0.3) is 0 Å². The molecule has 0 aliphatic heterocycles. The fourth-order valence-corrected chi connectivity index (χ4v) is 1.95. The van der Waals surface area contributed by atoms with E-state index < -0.39 is 17.8 Å². The molecule has 18 heavy (non-hydrogen) atoms. The van der Waals surface area contributed by atoms with Crippen molar-refractivity contribution in [1.29, 1.82) is 0 Å². The smallest absolute Gasteiger partial charge is 0.254 e. The van der Waals surface area contributed by atoms with Gasteiger partial charge < -0.3 is 10.4 Å². The van der Waals surface area contributed by atoms with Gasteiger partial charge in [0.2, 0.25) is 0 Å². The molecule has 0 aliphatic carbocycles. The lowest BCUT2D eigenvalue weighted by Gasteiger charge is -2.14. The highest BCUT2D eigenvalue weighted by atomic mass is 79.9. The standard InChI is InChI=1S/C12H16BrFN2O2/c1-7(3-8(2)17)5-16-12(18)9-4-11(13)15-6-10(9)14/h4,6-8,17H,3,5H2,1-2H3,(H,16,18). The van der Waals surface area contributed by atoms with Gasteiger partial charge in [0.15, 0.2) is 5.82 Å². The molecule has 6 heteroatoms. The van der Waals surface area contributed by atoms with Gasteiger partial charge in [0.1, 0.15) is 4.60 Å². The molecular weight excluding hydrogens is 303 g/mol. The van der Waals surface area contributed by atoms with E-state index in [4.69, 9.17) is 0 Å². The van der Waals surface area contributed by atoms with Crippen LogP contribution in [0.5, 0.6) is 0 Å². The van der Waals surface area contributed by atoms with Crippen molar-refractivity contribution in [2.24, 2.45) is 5.92 Å². The summed E-state index contributed by atoms with van der Waals surface area (Å²) in [6, 6.07) is 1.34. The minimum atomic E-state index is -0.654. The zero-order valence-corrected chi connectivity index (χ0v) is 11.9. The molecule has 0 fully saturated rings. The Morgan fingerprint density at radius 3 is 2.89 bits per heavy atom. The monoisotopic (exact) mass is 318 g/mol. The molecule has 0 spiro atoms. The lowest BCUT2D eigenvalue weighted by Crippen LogP contribution is -2.30. The van der Waals surface area contributed by atoms with Crippen molar-refractivity contribution in [1.82, 2.24) is 10.3 Å². The van der Waals surface area contributed by atoms with Crippen LogP contribution in [0, 0.1) is 11.7 Å². The van der Waals surface area contributed by atoms with E-state index in [9.17, 15) is 14.3 Å². The Bertz CT molecular complexity index is 427. The third kappa shape index (κ3) is 4.70. The second-order valence-electron chi connectivity index (χ2n) is 4.39. The largest absolute Gasteiger partial charge is 0.393 e. The molecule has 100 valence electrons. The average molecular weight is 319 g/mol. The molecule has 0 saturated carbocycles. The van der Waals surface area contributed by atoms with Crippen LogP contribution in [-0.4, -0.2) is 28.6 Å². The van der Waals surface area contributed by atoms with E-state index in [1.807, 2.05) is 6.92 Å². The zero-order chi connectivity index (χ0) is 13.7. The van der Waals surface area contributed by atoms with E-state index in [0.29, 0.717) is 17.6 Å². The van der Waals surface area contributed by atoms with E-state index in [-0.39, 0.29) is 11.5 Å². The molecule has 1 amide bonds. The fraction of sp³-hybridized carbons (Fsp3) is 0.500. The van der Waals surface area contributed by atoms with Crippen molar-refractivity contribution in [2.45, 2.75) is 26.4 Å². The summed E-state index contributed by atoms with van der Waals surface area (Å²) in [5.41, 5.74) is -0.0406. The minimum Gasteiger partial charge on any atom is -0.393 e. The highest BCUT2D eigenvalue weighted by Gasteiger charge is 2.14. The number of nitrogens with zero attached hydrogens (tertiary/aromatic N) is 1. The maximum absolute atomic E-state index is 13.4. The third-order valence-corrected chi connectivity index (χ3v) is 2.85. The van der Waals surface area contributed by atoms with Gasteiger partial charge in [0, 0.05) is 6.54 Å². The van der Waals surface area contributed by atoms with Gasteiger partial charge in [-0.25, -0.2) is 9.37 Å². The molecule has 1 aromatic rings. The van der Waals surface area contributed by atoms with Gasteiger partial charge in [-0.15, -0.1) is 0 Å². The Labute approximate surface area is 114 Å². The van der Waals surface area contributed by atoms with Crippen molar-refractivity contribution in [3.05, 3.63) is 28.2 Å². The SMILES string of the molecule is CC(O)CC(C)CNC(=O)c1cc(Br)ncc1F. The number of rotatable bonds is 5. The average Bonchev–Trinajstić information content (AvgIpc) is 2.28. The molecule has 0 aliphatic rings. The van der Waals surface area contributed by atoms with Gasteiger partial charge in [-0.2, -0.15) is 0 Å². The number of hydrogen-bond acceptors (Lipinski definition) is 3. The number of carbonyl (C=O) groups is 1. The molecule has 1 aromatic heterocycles. The van der Waals surface area contributed by atoms with E-state index in [0.717, 1.165) is 6.20 Å². The molecule has 2 N–H and O–H groups in total. The van der Waals surface area contributed by atoms with Gasteiger partial charge >= 0.3 is 0 Å². The molecule has 0 bridgehead atoms. The van der Waals surface area contributed by atoms with Gasteiger partial charge in [-0.3, -0.25) is 4.79 Å². The number of aliphatic hydroxyl groups excluding tert-OH is 1. The summed E-state index contributed by atoms with van der Waals surface area (Å²) in [6.07, 6.45) is 1.17. The first-order chi connectivity index (χ1) is 8.40. The van der Waals surface area contributed by atoms with Crippen LogP contribution < -0.4 is 5.32 Å². The topological polar surface area (TPSA) is 62.2 Å². The number of halogens is 2. The van der Waals surface area contributed by atoms with E-state index >= 15 is 0 Å². The predicted molar refractivity (Wildman–Crippen MR) is 69.7 cm³/mol. The van der Waals surface area contributed by atoms with E-state index in [1.165, 1.54) is 6.07 Å². The summed E-state index contributed by atoms with van der Waals surface area (Å²) in [5.74, 6) is -1.01. The molecule has 4 nitrogen and oxygen atoms in total. The van der Waals surface area contributed by atoms with Crippen molar-refractivity contribution in [3.8, 4) is 0 Å². The zero-order valence-electron chi connectivity index (χ0n) is 10.3. The minimum absolute atomic E-state index is 0.0406. The summed E-state index contributed by atoms with van der Waals surface area (Å²) < 4.78 is 13.8. The lowest BCUT2D eigenvalue weighted by atomic mass is 10.0. The summed E-state index contributed by atoms with van der Waals surface area (Å²) in [5, 5.41) is 11.8. The number of hydrogen-bond donors (Lipinski definition) is 2. The van der Waals surface area contributed by atoms with Crippen molar-refractivity contribution in [3.63, 3.8) is 0 Å². The molecule has 1 rings (SSSR count). The van der Waals surface area contributed by atoms with Crippen LogP contribution in [0.1, 0.15) is 30.6 Å². The molecule has 1 heterocycles.